The number of rotatable bonds is 6. The van der Waals surface area contributed by atoms with Gasteiger partial charge in [0.15, 0.2) is 0 Å². The molecule has 2 aromatic carbocycles. The first-order chi connectivity index (χ1) is 13.6. The highest BCUT2D eigenvalue weighted by atomic mass is 32.2. The number of hydrogen-bond acceptors (Lipinski definition) is 5. The van der Waals surface area contributed by atoms with E-state index in [1.807, 2.05) is 74.5 Å². The topological polar surface area (TPSA) is 57.7 Å². The number of carbonyl (C=O) groups is 3. The lowest BCUT2D eigenvalue weighted by atomic mass is 9.91. The second-order valence-electron chi connectivity index (χ2n) is 5.80. The van der Waals surface area contributed by atoms with E-state index in [9.17, 15) is 14.4 Å². The van der Waals surface area contributed by atoms with Crippen molar-refractivity contribution < 1.29 is 14.4 Å². The number of nitrogens with zero attached hydrogens (tertiary/aromatic N) is 2. The van der Waals surface area contributed by atoms with Crippen LogP contribution in [0.15, 0.2) is 66.2 Å². The summed E-state index contributed by atoms with van der Waals surface area (Å²) in [5.41, 5.74) is 2.05. The Morgan fingerprint density at radius 1 is 0.714 bits per heavy atom. The van der Waals surface area contributed by atoms with Gasteiger partial charge in [0.05, 0.1) is 0 Å². The van der Waals surface area contributed by atoms with Gasteiger partial charge < -0.3 is 0 Å². The Hall–Kier alpha value is -2.51. The number of imide groups is 2. The normalized spacial score (nSPS) is 14.6. The molecule has 0 aliphatic carbocycles. The van der Waals surface area contributed by atoms with Crippen molar-refractivity contribution in [3.05, 3.63) is 77.4 Å². The predicted molar refractivity (Wildman–Crippen MR) is 114 cm³/mol. The van der Waals surface area contributed by atoms with Crippen LogP contribution < -0.4 is 0 Å². The number of urea groups is 1. The summed E-state index contributed by atoms with van der Waals surface area (Å²) in [6.45, 7) is 3.72. The lowest BCUT2D eigenvalue weighted by Gasteiger charge is -2.32. The fraction of sp³-hybridized carbons (Fsp3) is 0.190. The zero-order chi connectivity index (χ0) is 20.1. The molecule has 0 N–H and O–H groups in total. The van der Waals surface area contributed by atoms with E-state index in [0.29, 0.717) is 17.1 Å². The molecule has 0 atom stereocenters. The molecule has 1 aliphatic rings. The number of barbiturate groups is 1. The van der Waals surface area contributed by atoms with Crippen LogP contribution in [0.3, 0.4) is 0 Å². The zero-order valence-electron chi connectivity index (χ0n) is 15.6. The van der Waals surface area contributed by atoms with Crippen LogP contribution in [0.4, 0.5) is 4.79 Å². The average Bonchev–Trinajstić information content (AvgIpc) is 2.73. The van der Waals surface area contributed by atoms with E-state index in [2.05, 4.69) is 0 Å². The van der Waals surface area contributed by atoms with Crippen LogP contribution in [0.5, 0.6) is 0 Å². The summed E-state index contributed by atoms with van der Waals surface area (Å²) >= 11 is 2.21. The Labute approximate surface area is 173 Å². The molecule has 3 rings (SSSR count). The highest BCUT2D eigenvalue weighted by Gasteiger charge is 2.44. The van der Waals surface area contributed by atoms with Crippen LogP contribution >= 0.6 is 23.9 Å². The Kier molecular flexibility index (Phi) is 6.59. The summed E-state index contributed by atoms with van der Waals surface area (Å²) in [6, 6.07) is 18.0. The molecule has 1 aliphatic heterocycles. The Bertz CT molecular complexity index is 842. The predicted octanol–water partition coefficient (Wildman–Crippen LogP) is 4.62. The number of hydrogen-bond donors (Lipinski definition) is 0. The summed E-state index contributed by atoms with van der Waals surface area (Å²) in [5, 5.41) is 0. The molecule has 1 saturated heterocycles. The van der Waals surface area contributed by atoms with Crippen molar-refractivity contribution in [1.29, 1.82) is 0 Å². The van der Waals surface area contributed by atoms with Crippen molar-refractivity contribution in [3.63, 3.8) is 0 Å². The fourth-order valence-corrected chi connectivity index (χ4v) is 4.28. The molecule has 7 heteroatoms. The molecular formula is C21H20N2O3S2. The summed E-state index contributed by atoms with van der Waals surface area (Å²) in [4.78, 5) is 39.2. The minimum Gasteiger partial charge on any atom is -0.267 e. The molecule has 1 heterocycles. The quantitative estimate of drug-likeness (QED) is 0.394. The molecular weight excluding hydrogens is 392 g/mol. The van der Waals surface area contributed by atoms with Gasteiger partial charge in [0.1, 0.15) is 5.57 Å². The number of amides is 4. The van der Waals surface area contributed by atoms with Crippen molar-refractivity contribution in [1.82, 2.24) is 8.61 Å². The van der Waals surface area contributed by atoms with Gasteiger partial charge in [-0.05, 0) is 35.0 Å². The molecule has 0 radical (unpaired) electrons. The van der Waals surface area contributed by atoms with E-state index in [-0.39, 0.29) is 5.57 Å². The van der Waals surface area contributed by atoms with E-state index in [0.717, 1.165) is 43.6 Å². The van der Waals surface area contributed by atoms with Crippen molar-refractivity contribution in [2.75, 3.05) is 11.5 Å². The second kappa shape index (κ2) is 9.12. The van der Waals surface area contributed by atoms with Gasteiger partial charge in [-0.3, -0.25) is 9.59 Å². The van der Waals surface area contributed by atoms with E-state index < -0.39 is 17.8 Å². The number of benzene rings is 2. The third-order valence-electron chi connectivity index (χ3n) is 4.04. The maximum absolute atomic E-state index is 13.2. The third kappa shape index (κ3) is 3.86. The number of carbonyl (C=O) groups excluding carboxylic acids is 3. The zero-order valence-corrected chi connectivity index (χ0v) is 17.3. The van der Waals surface area contributed by atoms with Gasteiger partial charge in [0, 0.05) is 17.1 Å². The van der Waals surface area contributed by atoms with Crippen LogP contribution in [0.1, 0.15) is 25.0 Å². The van der Waals surface area contributed by atoms with Crippen LogP contribution in [-0.4, -0.2) is 38.0 Å². The van der Waals surface area contributed by atoms with Gasteiger partial charge in [-0.25, -0.2) is 4.79 Å². The van der Waals surface area contributed by atoms with E-state index in [1.165, 1.54) is 0 Å². The maximum Gasteiger partial charge on any atom is 0.354 e. The summed E-state index contributed by atoms with van der Waals surface area (Å²) in [6.07, 6.45) is 0. The average molecular weight is 413 g/mol. The highest BCUT2D eigenvalue weighted by molar-refractivity contribution is 7.99. The van der Waals surface area contributed by atoms with Crippen LogP contribution in [0.2, 0.25) is 0 Å². The van der Waals surface area contributed by atoms with Crippen molar-refractivity contribution in [3.8, 4) is 0 Å². The van der Waals surface area contributed by atoms with Gasteiger partial charge in [0.25, 0.3) is 11.8 Å². The van der Waals surface area contributed by atoms with Crippen LogP contribution in [0, 0.1) is 0 Å². The SMILES string of the molecule is CCSN1C(=O)C(=C(c2ccccc2)c2ccccc2)C(=O)N(SCC)C1=O. The first-order valence-corrected chi connectivity index (χ1v) is 10.8. The molecule has 0 spiro atoms. The van der Waals surface area contributed by atoms with Crippen molar-refractivity contribution in [2.24, 2.45) is 0 Å². The Morgan fingerprint density at radius 3 is 1.46 bits per heavy atom. The molecule has 144 valence electrons. The van der Waals surface area contributed by atoms with E-state index >= 15 is 0 Å². The van der Waals surface area contributed by atoms with Crippen LogP contribution in [-0.2, 0) is 9.59 Å². The molecule has 0 bridgehead atoms. The van der Waals surface area contributed by atoms with E-state index in [4.69, 9.17) is 0 Å². The van der Waals surface area contributed by atoms with Gasteiger partial charge in [-0.1, -0.05) is 74.5 Å². The van der Waals surface area contributed by atoms with Gasteiger partial charge in [-0.15, -0.1) is 0 Å². The second-order valence-corrected chi connectivity index (χ2v) is 8.20. The Morgan fingerprint density at radius 2 is 1.11 bits per heavy atom. The molecule has 0 aromatic heterocycles. The molecule has 28 heavy (non-hydrogen) atoms. The highest BCUT2D eigenvalue weighted by Crippen LogP contribution is 2.35. The minimum absolute atomic E-state index is 0.0129. The lowest BCUT2D eigenvalue weighted by molar-refractivity contribution is -0.129. The molecule has 0 unspecified atom stereocenters. The third-order valence-corrected chi connectivity index (χ3v) is 5.71. The molecule has 4 amide bonds. The maximum atomic E-state index is 13.2. The smallest absolute Gasteiger partial charge is 0.267 e. The summed E-state index contributed by atoms with van der Waals surface area (Å²) in [7, 11) is 0. The summed E-state index contributed by atoms with van der Waals surface area (Å²) in [5.74, 6) is -0.0689. The van der Waals surface area contributed by atoms with Gasteiger partial charge in [0.2, 0.25) is 0 Å². The Balaban J connectivity index is 2.28. The van der Waals surface area contributed by atoms with E-state index in [1.54, 1.807) is 0 Å². The van der Waals surface area contributed by atoms with Gasteiger partial charge >= 0.3 is 6.03 Å². The minimum atomic E-state index is -0.599. The van der Waals surface area contributed by atoms with Crippen LogP contribution in [0.25, 0.3) is 5.57 Å². The lowest BCUT2D eigenvalue weighted by Crippen LogP contribution is -2.51. The van der Waals surface area contributed by atoms with Gasteiger partial charge in [-0.2, -0.15) is 8.61 Å². The monoisotopic (exact) mass is 412 g/mol. The standard InChI is InChI=1S/C21H20N2O3S2/c1-3-27-22-19(24)18(20(25)23(21(22)26)28-4-2)17(15-11-7-5-8-12-15)16-13-9-6-10-14-16/h5-14H,3-4H2,1-2H3. The summed E-state index contributed by atoms with van der Waals surface area (Å²) < 4.78 is 2.18. The molecule has 0 saturated carbocycles. The first-order valence-electron chi connectivity index (χ1n) is 8.93. The molecule has 2 aromatic rings. The largest absolute Gasteiger partial charge is 0.354 e. The fourth-order valence-electron chi connectivity index (χ4n) is 2.92. The first kappa shape index (κ1) is 20.2. The molecule has 1 fully saturated rings. The molecule has 5 nitrogen and oxygen atoms in total. The van der Waals surface area contributed by atoms with Crippen molar-refractivity contribution >= 4 is 47.3 Å². The van der Waals surface area contributed by atoms with Crippen molar-refractivity contribution in [2.45, 2.75) is 13.8 Å².